The maximum atomic E-state index is 11.6. The molecule has 1 saturated heterocycles. The first kappa shape index (κ1) is 11.9. The number of amides is 2. The van der Waals surface area contributed by atoms with Crippen molar-refractivity contribution in [2.45, 2.75) is 18.9 Å². The molecule has 2 heterocycles. The quantitative estimate of drug-likeness (QED) is 0.830. The highest BCUT2D eigenvalue weighted by molar-refractivity contribution is 7.08. The molecule has 0 bridgehead atoms. The fourth-order valence-electron chi connectivity index (χ4n) is 1.93. The van der Waals surface area contributed by atoms with E-state index < -0.39 is 6.03 Å². The molecule has 0 aliphatic carbocycles. The van der Waals surface area contributed by atoms with E-state index in [2.05, 4.69) is 0 Å². The van der Waals surface area contributed by atoms with Gasteiger partial charge in [0.15, 0.2) is 0 Å². The Morgan fingerprint density at radius 2 is 2.41 bits per heavy atom. The maximum absolute atomic E-state index is 11.6. The molecule has 5 nitrogen and oxygen atoms in total. The Labute approximate surface area is 103 Å². The second kappa shape index (κ2) is 5.18. The second-order valence-corrected chi connectivity index (χ2v) is 4.72. The van der Waals surface area contributed by atoms with E-state index in [-0.39, 0.29) is 18.6 Å². The number of nitrogens with two attached hydrogens (primary N) is 1. The first-order valence-corrected chi connectivity index (χ1v) is 6.38. The van der Waals surface area contributed by atoms with Crippen molar-refractivity contribution in [3.63, 3.8) is 0 Å². The van der Waals surface area contributed by atoms with Crippen LogP contribution in [-0.2, 0) is 4.74 Å². The van der Waals surface area contributed by atoms with Crippen LogP contribution in [0.5, 0.6) is 0 Å². The van der Waals surface area contributed by atoms with Crippen molar-refractivity contribution in [3.8, 4) is 0 Å². The van der Waals surface area contributed by atoms with Gasteiger partial charge in [-0.1, -0.05) is 0 Å². The van der Waals surface area contributed by atoms with Gasteiger partial charge in [0.1, 0.15) is 6.61 Å². The minimum Gasteiger partial charge on any atom is -0.460 e. The summed E-state index contributed by atoms with van der Waals surface area (Å²) in [4.78, 5) is 24.2. The standard InChI is InChI=1S/C11H14N2O3S/c12-11(15)13-4-1-2-9(13)6-16-10(14)8-3-5-17-7-8/h3,5,7,9H,1-2,4,6H2,(H2,12,15)/t9-/m1/s1. The molecule has 1 aromatic heterocycles. The summed E-state index contributed by atoms with van der Waals surface area (Å²) in [5.41, 5.74) is 5.79. The third kappa shape index (κ3) is 2.76. The van der Waals surface area contributed by atoms with Gasteiger partial charge >= 0.3 is 12.0 Å². The van der Waals surface area contributed by atoms with E-state index in [9.17, 15) is 9.59 Å². The number of thiophene rings is 1. The van der Waals surface area contributed by atoms with Crippen molar-refractivity contribution in [3.05, 3.63) is 22.4 Å². The summed E-state index contributed by atoms with van der Waals surface area (Å²) in [6.07, 6.45) is 1.74. The summed E-state index contributed by atoms with van der Waals surface area (Å²) >= 11 is 1.45. The first-order valence-electron chi connectivity index (χ1n) is 5.44. The van der Waals surface area contributed by atoms with Gasteiger partial charge in [0.2, 0.25) is 0 Å². The van der Waals surface area contributed by atoms with Crippen molar-refractivity contribution in [1.29, 1.82) is 0 Å². The number of hydrogen-bond donors (Lipinski definition) is 1. The van der Waals surface area contributed by atoms with Crippen LogP contribution >= 0.6 is 11.3 Å². The zero-order valence-electron chi connectivity index (χ0n) is 9.30. The van der Waals surface area contributed by atoms with Crippen LogP contribution in [0.15, 0.2) is 16.8 Å². The lowest BCUT2D eigenvalue weighted by atomic mass is 10.2. The summed E-state index contributed by atoms with van der Waals surface area (Å²) in [6.45, 7) is 0.869. The van der Waals surface area contributed by atoms with E-state index in [4.69, 9.17) is 10.5 Å². The Kier molecular flexibility index (Phi) is 3.63. The number of likely N-dealkylation sites (tertiary alicyclic amines) is 1. The molecular weight excluding hydrogens is 240 g/mol. The van der Waals surface area contributed by atoms with Gasteiger partial charge in [0.05, 0.1) is 11.6 Å². The Hall–Kier alpha value is -1.56. The van der Waals surface area contributed by atoms with Crippen LogP contribution in [0.1, 0.15) is 23.2 Å². The lowest BCUT2D eigenvalue weighted by Crippen LogP contribution is -2.41. The zero-order chi connectivity index (χ0) is 12.3. The Morgan fingerprint density at radius 1 is 1.59 bits per heavy atom. The number of primary amides is 1. The molecule has 2 amide bonds. The predicted molar refractivity (Wildman–Crippen MR) is 63.9 cm³/mol. The highest BCUT2D eigenvalue weighted by Crippen LogP contribution is 2.17. The van der Waals surface area contributed by atoms with Gasteiger partial charge in [0.25, 0.3) is 0 Å². The van der Waals surface area contributed by atoms with Crippen molar-refractivity contribution in [2.24, 2.45) is 5.73 Å². The molecule has 1 aliphatic rings. The van der Waals surface area contributed by atoms with E-state index in [1.54, 1.807) is 16.3 Å². The summed E-state index contributed by atoms with van der Waals surface area (Å²) in [7, 11) is 0. The number of carbonyl (C=O) groups is 2. The third-order valence-corrected chi connectivity index (χ3v) is 3.51. The molecule has 17 heavy (non-hydrogen) atoms. The van der Waals surface area contributed by atoms with Crippen LogP contribution in [0.4, 0.5) is 4.79 Å². The van der Waals surface area contributed by atoms with Gasteiger partial charge < -0.3 is 15.4 Å². The second-order valence-electron chi connectivity index (χ2n) is 3.94. The zero-order valence-corrected chi connectivity index (χ0v) is 10.1. The van der Waals surface area contributed by atoms with Gasteiger partial charge in [-0.25, -0.2) is 9.59 Å². The molecule has 0 saturated carbocycles. The molecule has 1 fully saturated rings. The van der Waals surface area contributed by atoms with Gasteiger partial charge in [-0.05, 0) is 24.3 Å². The minimum absolute atomic E-state index is 0.0740. The summed E-state index contributed by atoms with van der Waals surface area (Å²) in [6, 6.07) is 1.20. The topological polar surface area (TPSA) is 72.6 Å². The van der Waals surface area contributed by atoms with Crippen LogP contribution in [0.25, 0.3) is 0 Å². The number of nitrogens with zero attached hydrogens (tertiary/aromatic N) is 1. The molecule has 1 atom stereocenters. The molecule has 2 rings (SSSR count). The normalized spacial score (nSPS) is 19.3. The smallest absolute Gasteiger partial charge is 0.339 e. The number of esters is 1. The number of ether oxygens (including phenoxy) is 1. The highest BCUT2D eigenvalue weighted by Gasteiger charge is 2.28. The fraction of sp³-hybridized carbons (Fsp3) is 0.455. The Morgan fingerprint density at radius 3 is 3.06 bits per heavy atom. The van der Waals surface area contributed by atoms with E-state index in [0.29, 0.717) is 12.1 Å². The van der Waals surface area contributed by atoms with Crippen LogP contribution in [0, 0.1) is 0 Å². The lowest BCUT2D eigenvalue weighted by molar-refractivity contribution is 0.0423. The molecule has 0 spiro atoms. The van der Waals surface area contributed by atoms with Crippen LogP contribution < -0.4 is 5.73 Å². The first-order chi connectivity index (χ1) is 8.18. The Balaban J connectivity index is 1.86. The lowest BCUT2D eigenvalue weighted by Gasteiger charge is -2.21. The van der Waals surface area contributed by atoms with Crippen molar-refractivity contribution in [1.82, 2.24) is 4.90 Å². The van der Waals surface area contributed by atoms with Crippen LogP contribution in [-0.4, -0.2) is 36.1 Å². The number of urea groups is 1. The Bertz CT molecular complexity index is 405. The highest BCUT2D eigenvalue weighted by atomic mass is 32.1. The SMILES string of the molecule is NC(=O)N1CCC[C@@H]1COC(=O)c1ccsc1. The van der Waals surface area contributed by atoms with Gasteiger partial charge in [0, 0.05) is 11.9 Å². The molecule has 0 unspecified atom stereocenters. The van der Waals surface area contributed by atoms with E-state index in [1.807, 2.05) is 5.38 Å². The largest absolute Gasteiger partial charge is 0.460 e. The van der Waals surface area contributed by atoms with Gasteiger partial charge in [-0.3, -0.25) is 0 Å². The minimum atomic E-state index is -0.445. The molecule has 1 aliphatic heterocycles. The molecule has 0 aromatic carbocycles. The third-order valence-electron chi connectivity index (χ3n) is 2.82. The van der Waals surface area contributed by atoms with Crippen LogP contribution in [0.3, 0.4) is 0 Å². The predicted octanol–water partition coefficient (Wildman–Crippen LogP) is 1.45. The molecule has 0 radical (unpaired) electrons. The van der Waals surface area contributed by atoms with E-state index in [1.165, 1.54) is 11.3 Å². The van der Waals surface area contributed by atoms with Gasteiger partial charge in [-0.15, -0.1) is 0 Å². The molecule has 6 heteroatoms. The van der Waals surface area contributed by atoms with Crippen molar-refractivity contribution >= 4 is 23.3 Å². The number of carbonyl (C=O) groups excluding carboxylic acids is 2. The van der Waals surface area contributed by atoms with Gasteiger partial charge in [-0.2, -0.15) is 11.3 Å². The monoisotopic (exact) mass is 254 g/mol. The summed E-state index contributed by atoms with van der Waals surface area (Å²) in [5, 5.41) is 3.56. The van der Waals surface area contributed by atoms with E-state index >= 15 is 0 Å². The maximum Gasteiger partial charge on any atom is 0.339 e. The van der Waals surface area contributed by atoms with Crippen molar-refractivity contribution < 1.29 is 14.3 Å². The van der Waals surface area contributed by atoms with Crippen LogP contribution in [0.2, 0.25) is 0 Å². The molecule has 92 valence electrons. The molecule has 1 aromatic rings. The van der Waals surface area contributed by atoms with Crippen molar-refractivity contribution in [2.75, 3.05) is 13.2 Å². The molecule has 2 N–H and O–H groups in total. The fourth-order valence-corrected chi connectivity index (χ4v) is 2.56. The average molecular weight is 254 g/mol. The average Bonchev–Trinajstić information content (AvgIpc) is 2.96. The summed E-state index contributed by atoms with van der Waals surface area (Å²) in [5.74, 6) is -0.345. The number of hydrogen-bond acceptors (Lipinski definition) is 4. The summed E-state index contributed by atoms with van der Waals surface area (Å²) < 4.78 is 5.17. The number of rotatable bonds is 3. The molecular formula is C11H14N2O3S. The van der Waals surface area contributed by atoms with E-state index in [0.717, 1.165) is 12.8 Å².